The molecule has 3 aromatic rings. The van der Waals surface area contributed by atoms with Crippen LogP contribution < -0.4 is 0 Å². The van der Waals surface area contributed by atoms with Crippen molar-refractivity contribution in [3.8, 4) is 0 Å². The first kappa shape index (κ1) is 15.2. The number of ketones is 1. The standard InChI is InChI=1S/C20H16O3S/c1-24(22)17-10-8-14(9-11-17)19-20(23-19)18(21)16-7-6-13-4-2-3-5-15(13)12-16/h2-12,19-20H,1H3/t19-,20+,24?/m1/s1. The third-order valence-electron chi connectivity index (χ3n) is 4.32. The zero-order valence-electron chi connectivity index (χ0n) is 13.1. The highest BCUT2D eigenvalue weighted by molar-refractivity contribution is 7.84. The summed E-state index contributed by atoms with van der Waals surface area (Å²) in [7, 11) is -0.999. The van der Waals surface area contributed by atoms with Gasteiger partial charge in [-0.15, -0.1) is 0 Å². The molecule has 0 amide bonds. The van der Waals surface area contributed by atoms with Crippen molar-refractivity contribution in [2.24, 2.45) is 0 Å². The summed E-state index contributed by atoms with van der Waals surface area (Å²) < 4.78 is 17.0. The maximum atomic E-state index is 12.6. The lowest BCUT2D eigenvalue weighted by Crippen LogP contribution is -2.08. The third kappa shape index (κ3) is 2.79. The van der Waals surface area contributed by atoms with Crippen LogP contribution in [-0.2, 0) is 15.5 Å². The van der Waals surface area contributed by atoms with Gasteiger partial charge in [0.15, 0.2) is 11.9 Å². The van der Waals surface area contributed by atoms with E-state index in [0.717, 1.165) is 21.2 Å². The fourth-order valence-corrected chi connectivity index (χ4v) is 3.44. The number of benzene rings is 3. The molecule has 4 heteroatoms. The number of carbonyl (C=O) groups excluding carboxylic acids is 1. The Morgan fingerprint density at radius 1 is 0.958 bits per heavy atom. The summed E-state index contributed by atoms with van der Waals surface area (Å²) in [5.41, 5.74) is 1.62. The van der Waals surface area contributed by atoms with Gasteiger partial charge in [0.05, 0.1) is 0 Å². The van der Waals surface area contributed by atoms with Gasteiger partial charge in [0, 0.05) is 27.5 Å². The van der Waals surface area contributed by atoms with Crippen LogP contribution in [0.1, 0.15) is 22.0 Å². The molecule has 3 nitrogen and oxygen atoms in total. The van der Waals surface area contributed by atoms with Gasteiger partial charge in [-0.2, -0.15) is 0 Å². The molecule has 1 aliphatic rings. The van der Waals surface area contributed by atoms with Crippen molar-refractivity contribution in [2.45, 2.75) is 17.1 Å². The van der Waals surface area contributed by atoms with Crippen LogP contribution in [0.3, 0.4) is 0 Å². The van der Waals surface area contributed by atoms with Crippen molar-refractivity contribution < 1.29 is 13.7 Å². The van der Waals surface area contributed by atoms with Gasteiger partial charge >= 0.3 is 0 Å². The molecule has 3 atom stereocenters. The minimum Gasteiger partial charge on any atom is -0.356 e. The van der Waals surface area contributed by atoms with E-state index in [0.29, 0.717) is 5.56 Å². The predicted octanol–water partition coefficient (Wildman–Crippen LogP) is 3.90. The van der Waals surface area contributed by atoms with Crippen LogP contribution in [0.4, 0.5) is 0 Å². The summed E-state index contributed by atoms with van der Waals surface area (Å²) in [5, 5.41) is 2.17. The van der Waals surface area contributed by atoms with Gasteiger partial charge in [0.25, 0.3) is 0 Å². The zero-order chi connectivity index (χ0) is 16.7. The molecule has 1 unspecified atom stereocenters. The summed E-state index contributed by atoms with van der Waals surface area (Å²) in [6.07, 6.45) is 1.02. The molecule has 0 bridgehead atoms. The maximum absolute atomic E-state index is 12.6. The maximum Gasteiger partial charge on any atom is 0.194 e. The number of hydrogen-bond donors (Lipinski definition) is 0. The van der Waals surface area contributed by atoms with Crippen molar-refractivity contribution in [1.82, 2.24) is 0 Å². The molecule has 1 heterocycles. The van der Waals surface area contributed by atoms with Crippen molar-refractivity contribution in [3.05, 3.63) is 77.9 Å². The van der Waals surface area contributed by atoms with E-state index in [4.69, 9.17) is 4.74 Å². The molecular formula is C20H16O3S. The molecule has 0 saturated carbocycles. The molecule has 1 aliphatic heterocycles. The number of ether oxygens (including phenoxy) is 1. The van der Waals surface area contributed by atoms with E-state index in [2.05, 4.69) is 0 Å². The highest BCUT2D eigenvalue weighted by Gasteiger charge is 2.46. The lowest BCUT2D eigenvalue weighted by atomic mass is 10.00. The van der Waals surface area contributed by atoms with Gasteiger partial charge in [-0.1, -0.05) is 48.5 Å². The number of Topliss-reactive ketones (excluding diaryl/α,β-unsaturated/α-hetero) is 1. The normalized spacial score (nSPS) is 20.7. The first-order chi connectivity index (χ1) is 11.6. The highest BCUT2D eigenvalue weighted by atomic mass is 32.2. The van der Waals surface area contributed by atoms with Crippen LogP contribution in [0.15, 0.2) is 71.6 Å². The van der Waals surface area contributed by atoms with Crippen LogP contribution in [-0.4, -0.2) is 22.4 Å². The lowest BCUT2D eigenvalue weighted by molar-refractivity contribution is 0.0954. The summed E-state index contributed by atoms with van der Waals surface area (Å²) in [6, 6.07) is 21.1. The minimum atomic E-state index is -0.999. The van der Waals surface area contributed by atoms with E-state index in [1.807, 2.05) is 66.7 Å². The van der Waals surface area contributed by atoms with Gasteiger partial charge in [0.1, 0.15) is 6.10 Å². The number of epoxide rings is 1. The van der Waals surface area contributed by atoms with Crippen molar-refractivity contribution >= 4 is 27.4 Å². The van der Waals surface area contributed by atoms with E-state index >= 15 is 0 Å². The average molecular weight is 336 g/mol. The summed E-state index contributed by atoms with van der Waals surface area (Å²) in [4.78, 5) is 13.4. The number of hydrogen-bond acceptors (Lipinski definition) is 3. The molecule has 120 valence electrons. The zero-order valence-corrected chi connectivity index (χ0v) is 14.0. The second-order valence-electron chi connectivity index (χ2n) is 5.93. The second kappa shape index (κ2) is 5.96. The van der Waals surface area contributed by atoms with Gasteiger partial charge in [-0.05, 0) is 34.5 Å². The Balaban J connectivity index is 1.54. The van der Waals surface area contributed by atoms with Gasteiger partial charge in [-0.3, -0.25) is 9.00 Å². The molecular weight excluding hydrogens is 320 g/mol. The van der Waals surface area contributed by atoms with Crippen LogP contribution in [0, 0.1) is 0 Å². The van der Waals surface area contributed by atoms with Gasteiger partial charge in [0.2, 0.25) is 0 Å². The molecule has 0 aliphatic carbocycles. The first-order valence-electron chi connectivity index (χ1n) is 7.75. The summed E-state index contributed by atoms with van der Waals surface area (Å²) in [5.74, 6) is 0.00824. The fourth-order valence-electron chi connectivity index (χ4n) is 2.92. The predicted molar refractivity (Wildman–Crippen MR) is 94.7 cm³/mol. The molecule has 3 aromatic carbocycles. The van der Waals surface area contributed by atoms with Crippen LogP contribution in [0.25, 0.3) is 10.8 Å². The Labute approximate surface area is 142 Å². The lowest BCUT2D eigenvalue weighted by Gasteiger charge is -2.02. The Bertz CT molecular complexity index is 947. The Kier molecular flexibility index (Phi) is 3.79. The molecule has 0 spiro atoms. The molecule has 24 heavy (non-hydrogen) atoms. The molecule has 0 radical (unpaired) electrons. The minimum absolute atomic E-state index is 0.00824. The molecule has 0 N–H and O–H groups in total. The number of carbonyl (C=O) groups is 1. The number of rotatable bonds is 4. The Morgan fingerprint density at radius 3 is 2.38 bits per heavy atom. The van der Waals surface area contributed by atoms with Gasteiger partial charge < -0.3 is 4.74 Å². The van der Waals surface area contributed by atoms with Crippen LogP contribution in [0.5, 0.6) is 0 Å². The third-order valence-corrected chi connectivity index (χ3v) is 5.26. The first-order valence-corrected chi connectivity index (χ1v) is 9.31. The Morgan fingerprint density at radius 2 is 1.67 bits per heavy atom. The Hall–Kier alpha value is -2.30. The fraction of sp³-hybridized carbons (Fsp3) is 0.150. The highest BCUT2D eigenvalue weighted by Crippen LogP contribution is 2.41. The van der Waals surface area contributed by atoms with E-state index < -0.39 is 16.9 Å². The molecule has 4 rings (SSSR count). The quantitative estimate of drug-likeness (QED) is 0.536. The SMILES string of the molecule is CS(=O)c1ccc([C@H]2O[C@H]2C(=O)c2ccc3ccccc3c2)cc1. The number of fused-ring (bicyclic) bond motifs is 1. The second-order valence-corrected chi connectivity index (χ2v) is 7.31. The topological polar surface area (TPSA) is 46.7 Å². The van der Waals surface area contributed by atoms with Crippen molar-refractivity contribution in [2.75, 3.05) is 6.26 Å². The van der Waals surface area contributed by atoms with Crippen LogP contribution in [0.2, 0.25) is 0 Å². The van der Waals surface area contributed by atoms with Crippen molar-refractivity contribution in [1.29, 1.82) is 0 Å². The molecule has 0 aromatic heterocycles. The molecule has 1 fully saturated rings. The average Bonchev–Trinajstić information content (AvgIpc) is 3.41. The monoisotopic (exact) mass is 336 g/mol. The van der Waals surface area contributed by atoms with Crippen LogP contribution >= 0.6 is 0 Å². The van der Waals surface area contributed by atoms with E-state index in [1.54, 1.807) is 6.26 Å². The van der Waals surface area contributed by atoms with Gasteiger partial charge in [-0.25, -0.2) is 0 Å². The summed E-state index contributed by atoms with van der Waals surface area (Å²) >= 11 is 0. The smallest absolute Gasteiger partial charge is 0.194 e. The van der Waals surface area contributed by atoms with E-state index in [-0.39, 0.29) is 11.9 Å². The largest absolute Gasteiger partial charge is 0.356 e. The van der Waals surface area contributed by atoms with E-state index in [1.165, 1.54) is 0 Å². The molecule has 1 saturated heterocycles. The summed E-state index contributed by atoms with van der Waals surface area (Å²) in [6.45, 7) is 0. The van der Waals surface area contributed by atoms with Crippen molar-refractivity contribution in [3.63, 3.8) is 0 Å². The van der Waals surface area contributed by atoms with E-state index in [9.17, 15) is 9.00 Å².